The van der Waals surface area contributed by atoms with E-state index in [0.29, 0.717) is 11.1 Å². The molecule has 0 amide bonds. The van der Waals surface area contributed by atoms with E-state index in [-0.39, 0.29) is 10.8 Å². The van der Waals surface area contributed by atoms with Gasteiger partial charge >= 0.3 is 12.3 Å². The van der Waals surface area contributed by atoms with Crippen LogP contribution in [-0.4, -0.2) is 23.3 Å². The molecule has 0 aliphatic carbocycles. The first kappa shape index (κ1) is 14.6. The summed E-state index contributed by atoms with van der Waals surface area (Å²) in [5, 5.41) is 2.54. The van der Waals surface area contributed by atoms with Crippen LogP contribution in [0.2, 0.25) is 0 Å². The van der Waals surface area contributed by atoms with Crippen LogP contribution in [0.25, 0.3) is 11.1 Å². The third-order valence-corrected chi connectivity index (χ3v) is 3.40. The quantitative estimate of drug-likeness (QED) is 0.828. The van der Waals surface area contributed by atoms with E-state index in [1.165, 1.54) is 0 Å². The summed E-state index contributed by atoms with van der Waals surface area (Å²) in [5.74, 6) is -3.93. The molecule has 0 saturated heterocycles. The summed E-state index contributed by atoms with van der Waals surface area (Å²) in [6.07, 6.45) is -3.72. The minimum Gasteiger partial charge on any atom is -0.382 e. The molecule has 1 aromatic heterocycles. The molecular formula is C12H11F4N3S. The van der Waals surface area contributed by atoms with Gasteiger partial charge in [-0.15, -0.1) is 0 Å². The van der Waals surface area contributed by atoms with E-state index in [4.69, 9.17) is 5.73 Å². The fraction of sp³-hybridized carbons (Fsp3) is 0.250. The number of nitrogens with two attached hydrogens (primary N) is 1. The Morgan fingerprint density at radius 3 is 2.50 bits per heavy atom. The standard InChI is InChI=1S/C12H11F4N3S/c13-11(14)12(15,16)6-18-10-8(9(17)19-20-10)7-4-2-1-3-5-7/h1-5,11,18H,6H2,(H2,17,19). The summed E-state index contributed by atoms with van der Waals surface area (Å²) in [4.78, 5) is 0. The Bertz CT molecular complexity index is 571. The van der Waals surface area contributed by atoms with Gasteiger partial charge in [0.15, 0.2) is 0 Å². The SMILES string of the molecule is Nc1nsc(NCC(F)(F)C(F)F)c1-c1ccccc1. The third-order valence-electron chi connectivity index (χ3n) is 2.58. The van der Waals surface area contributed by atoms with Crippen LogP contribution in [-0.2, 0) is 0 Å². The fourth-order valence-electron chi connectivity index (χ4n) is 1.58. The zero-order valence-corrected chi connectivity index (χ0v) is 10.9. The Morgan fingerprint density at radius 2 is 1.90 bits per heavy atom. The molecule has 108 valence electrons. The smallest absolute Gasteiger partial charge is 0.324 e. The number of benzene rings is 1. The maximum atomic E-state index is 12.9. The lowest BCUT2D eigenvalue weighted by molar-refractivity contribution is -0.117. The van der Waals surface area contributed by atoms with Crippen LogP contribution in [0.5, 0.6) is 0 Å². The van der Waals surface area contributed by atoms with Crippen LogP contribution < -0.4 is 11.1 Å². The van der Waals surface area contributed by atoms with Gasteiger partial charge in [0.05, 0.1) is 12.1 Å². The van der Waals surface area contributed by atoms with Crippen LogP contribution in [0.1, 0.15) is 0 Å². The van der Waals surface area contributed by atoms with Crippen molar-refractivity contribution in [3.05, 3.63) is 30.3 Å². The maximum Gasteiger partial charge on any atom is 0.324 e. The second-order valence-electron chi connectivity index (χ2n) is 4.05. The Kier molecular flexibility index (Phi) is 4.12. The summed E-state index contributed by atoms with van der Waals surface area (Å²) >= 11 is 0.859. The van der Waals surface area contributed by atoms with Gasteiger partial charge in [-0.05, 0) is 17.1 Å². The topological polar surface area (TPSA) is 50.9 Å². The number of aromatic nitrogens is 1. The molecule has 0 fully saturated rings. The minimum atomic E-state index is -4.10. The molecule has 0 aliphatic rings. The first-order valence-corrected chi connectivity index (χ1v) is 6.39. The van der Waals surface area contributed by atoms with Gasteiger partial charge in [-0.2, -0.15) is 13.2 Å². The number of halogens is 4. The summed E-state index contributed by atoms with van der Waals surface area (Å²) in [5.41, 5.74) is 6.82. The van der Waals surface area contributed by atoms with E-state index < -0.39 is 18.9 Å². The van der Waals surface area contributed by atoms with Crippen molar-refractivity contribution in [1.29, 1.82) is 0 Å². The molecule has 3 N–H and O–H groups in total. The molecule has 8 heteroatoms. The maximum absolute atomic E-state index is 12.9. The number of hydrogen-bond acceptors (Lipinski definition) is 4. The van der Waals surface area contributed by atoms with Gasteiger partial charge in [-0.1, -0.05) is 30.3 Å². The highest BCUT2D eigenvalue weighted by Gasteiger charge is 2.40. The Morgan fingerprint density at radius 1 is 1.25 bits per heavy atom. The molecule has 0 atom stereocenters. The van der Waals surface area contributed by atoms with Crippen molar-refractivity contribution in [2.45, 2.75) is 12.3 Å². The molecule has 0 aliphatic heterocycles. The summed E-state index contributed by atoms with van der Waals surface area (Å²) in [6, 6.07) is 8.76. The van der Waals surface area contributed by atoms with E-state index in [9.17, 15) is 17.6 Å². The molecule has 2 rings (SSSR count). The lowest BCUT2D eigenvalue weighted by Gasteiger charge is -2.16. The number of rotatable bonds is 5. The van der Waals surface area contributed by atoms with Crippen LogP contribution in [0, 0.1) is 0 Å². The van der Waals surface area contributed by atoms with Gasteiger partial charge < -0.3 is 11.1 Å². The minimum absolute atomic E-state index is 0.170. The van der Waals surface area contributed by atoms with E-state index in [1.54, 1.807) is 30.3 Å². The molecule has 3 nitrogen and oxygen atoms in total. The van der Waals surface area contributed by atoms with Crippen LogP contribution in [0.3, 0.4) is 0 Å². The van der Waals surface area contributed by atoms with Gasteiger partial charge in [0.25, 0.3) is 0 Å². The molecule has 0 unspecified atom stereocenters. The van der Waals surface area contributed by atoms with E-state index in [0.717, 1.165) is 11.5 Å². The largest absolute Gasteiger partial charge is 0.382 e. The van der Waals surface area contributed by atoms with Crippen molar-refractivity contribution in [1.82, 2.24) is 4.37 Å². The zero-order chi connectivity index (χ0) is 14.8. The molecule has 1 aromatic carbocycles. The monoisotopic (exact) mass is 305 g/mol. The van der Waals surface area contributed by atoms with Gasteiger partial charge in [0, 0.05) is 0 Å². The lowest BCUT2D eigenvalue weighted by atomic mass is 10.1. The van der Waals surface area contributed by atoms with Crippen molar-refractivity contribution < 1.29 is 17.6 Å². The Balaban J connectivity index is 2.23. The van der Waals surface area contributed by atoms with E-state index >= 15 is 0 Å². The summed E-state index contributed by atoms with van der Waals surface area (Å²) < 4.78 is 53.9. The van der Waals surface area contributed by atoms with Gasteiger partial charge in [0.1, 0.15) is 10.8 Å². The van der Waals surface area contributed by atoms with Crippen molar-refractivity contribution in [2.75, 3.05) is 17.6 Å². The average molecular weight is 305 g/mol. The van der Waals surface area contributed by atoms with Crippen LogP contribution in [0.4, 0.5) is 28.4 Å². The number of anilines is 2. The first-order chi connectivity index (χ1) is 9.42. The average Bonchev–Trinajstić information content (AvgIpc) is 2.78. The summed E-state index contributed by atoms with van der Waals surface area (Å²) in [7, 11) is 0. The predicted molar refractivity (Wildman–Crippen MR) is 71.4 cm³/mol. The molecule has 0 spiro atoms. The second kappa shape index (κ2) is 5.66. The highest BCUT2D eigenvalue weighted by atomic mass is 32.1. The number of nitrogens with zero attached hydrogens (tertiary/aromatic N) is 1. The molecule has 0 radical (unpaired) electrons. The van der Waals surface area contributed by atoms with Crippen molar-refractivity contribution in [3.63, 3.8) is 0 Å². The second-order valence-corrected chi connectivity index (χ2v) is 4.83. The molecule has 0 saturated carbocycles. The normalized spacial score (nSPS) is 11.8. The fourth-order valence-corrected chi connectivity index (χ4v) is 2.31. The van der Waals surface area contributed by atoms with Crippen LogP contribution >= 0.6 is 11.5 Å². The molecule has 1 heterocycles. The molecule has 0 bridgehead atoms. The van der Waals surface area contributed by atoms with Crippen molar-refractivity contribution >= 4 is 22.4 Å². The van der Waals surface area contributed by atoms with Crippen LogP contribution in [0.15, 0.2) is 30.3 Å². The number of alkyl halides is 4. The Hall–Kier alpha value is -1.83. The van der Waals surface area contributed by atoms with E-state index in [2.05, 4.69) is 9.69 Å². The first-order valence-electron chi connectivity index (χ1n) is 5.62. The highest BCUT2D eigenvalue weighted by molar-refractivity contribution is 7.11. The molecular weight excluding hydrogens is 294 g/mol. The Labute approximate surface area is 116 Å². The predicted octanol–water partition coefficient (Wildman–Crippen LogP) is 3.70. The van der Waals surface area contributed by atoms with Crippen molar-refractivity contribution in [2.24, 2.45) is 0 Å². The number of nitrogen functional groups attached to an aromatic ring is 1. The van der Waals surface area contributed by atoms with Gasteiger partial charge in [0.2, 0.25) is 0 Å². The molecule has 20 heavy (non-hydrogen) atoms. The number of hydrogen-bond donors (Lipinski definition) is 2. The lowest BCUT2D eigenvalue weighted by Crippen LogP contribution is -2.34. The van der Waals surface area contributed by atoms with Gasteiger partial charge in [-0.3, -0.25) is 0 Å². The highest BCUT2D eigenvalue weighted by Crippen LogP contribution is 2.37. The number of nitrogens with one attached hydrogen (secondary N) is 1. The molecule has 2 aromatic rings. The van der Waals surface area contributed by atoms with Crippen molar-refractivity contribution in [3.8, 4) is 11.1 Å². The van der Waals surface area contributed by atoms with Gasteiger partial charge in [-0.25, -0.2) is 8.78 Å². The zero-order valence-electron chi connectivity index (χ0n) is 10.1. The summed E-state index contributed by atoms with van der Waals surface area (Å²) in [6.45, 7) is -1.17. The van der Waals surface area contributed by atoms with E-state index in [1.807, 2.05) is 0 Å². The third kappa shape index (κ3) is 3.01.